The summed E-state index contributed by atoms with van der Waals surface area (Å²) in [5.74, 6) is -0.634. The van der Waals surface area contributed by atoms with E-state index < -0.39 is 11.9 Å². The third kappa shape index (κ3) is 3.99. The largest absolute Gasteiger partial charge is 0.398 e. The highest BCUT2D eigenvalue weighted by molar-refractivity contribution is 6.33. The van der Waals surface area contributed by atoms with Gasteiger partial charge in [0.25, 0.3) is 0 Å². The maximum Gasteiger partial charge on any atom is 0.246 e. The average Bonchev–Trinajstić information content (AvgIpc) is 2.56. The van der Waals surface area contributed by atoms with E-state index in [1.807, 2.05) is 30.0 Å². The second-order valence-electron chi connectivity index (χ2n) is 5.93. The van der Waals surface area contributed by atoms with Crippen LogP contribution in [0.1, 0.15) is 18.9 Å². The van der Waals surface area contributed by atoms with Gasteiger partial charge in [0.05, 0.1) is 10.7 Å². The molecule has 0 aromatic heterocycles. The van der Waals surface area contributed by atoms with Gasteiger partial charge in [-0.2, -0.15) is 0 Å². The smallest absolute Gasteiger partial charge is 0.246 e. The van der Waals surface area contributed by atoms with Gasteiger partial charge in [0, 0.05) is 17.9 Å². The van der Waals surface area contributed by atoms with Crippen LogP contribution in [0, 0.1) is 5.82 Å². The minimum Gasteiger partial charge on any atom is -0.398 e. The van der Waals surface area contributed by atoms with Gasteiger partial charge in [0.15, 0.2) is 0 Å². The maximum absolute atomic E-state index is 13.1. The maximum atomic E-state index is 13.1. The van der Waals surface area contributed by atoms with Crippen molar-refractivity contribution in [3.63, 3.8) is 0 Å². The van der Waals surface area contributed by atoms with Crippen LogP contribution in [0.3, 0.4) is 0 Å². The van der Waals surface area contributed by atoms with E-state index in [-0.39, 0.29) is 23.3 Å². The number of nitrogens with two attached hydrogens (primary N) is 1. The molecule has 0 aliphatic carbocycles. The van der Waals surface area contributed by atoms with Crippen LogP contribution in [0.25, 0.3) is 0 Å². The van der Waals surface area contributed by atoms with Crippen molar-refractivity contribution in [1.29, 1.82) is 0 Å². The molecule has 25 heavy (non-hydrogen) atoms. The molecule has 1 unspecified atom stereocenters. The van der Waals surface area contributed by atoms with Crippen LogP contribution in [-0.2, 0) is 11.2 Å². The van der Waals surface area contributed by atoms with E-state index in [1.54, 1.807) is 0 Å². The van der Waals surface area contributed by atoms with Gasteiger partial charge < -0.3 is 16.0 Å². The number of hydrogen-bond acceptors (Lipinski definition) is 3. The van der Waals surface area contributed by atoms with Gasteiger partial charge >= 0.3 is 0 Å². The molecule has 1 heterocycles. The normalized spacial score (nSPS) is 14.3. The van der Waals surface area contributed by atoms with Crippen LogP contribution in [0.4, 0.5) is 21.5 Å². The number of rotatable bonds is 3. The minimum absolute atomic E-state index is 0. The molecule has 2 aromatic carbocycles. The summed E-state index contributed by atoms with van der Waals surface area (Å²) < 4.78 is 13.1. The quantitative estimate of drug-likeness (QED) is 0.778. The van der Waals surface area contributed by atoms with E-state index in [9.17, 15) is 9.18 Å². The van der Waals surface area contributed by atoms with Gasteiger partial charge in [0.1, 0.15) is 11.9 Å². The molecule has 7 heteroatoms. The van der Waals surface area contributed by atoms with Crippen molar-refractivity contribution in [2.75, 3.05) is 22.5 Å². The number of hydrogen-bond donors (Lipinski definition) is 2. The fourth-order valence-corrected chi connectivity index (χ4v) is 3.27. The van der Waals surface area contributed by atoms with Gasteiger partial charge in [-0.3, -0.25) is 4.79 Å². The van der Waals surface area contributed by atoms with Crippen LogP contribution in [0.2, 0.25) is 5.02 Å². The van der Waals surface area contributed by atoms with Crippen LogP contribution < -0.4 is 16.0 Å². The summed E-state index contributed by atoms with van der Waals surface area (Å²) in [7, 11) is 0. The molecule has 3 rings (SSSR count). The third-order valence-electron chi connectivity index (χ3n) is 4.36. The summed E-state index contributed by atoms with van der Waals surface area (Å²) in [5.41, 5.74) is 9.30. The molecule has 3 N–H and O–H groups in total. The Hall–Kier alpha value is -1.98. The molecular weight excluding hydrogens is 364 g/mol. The van der Waals surface area contributed by atoms with Crippen LogP contribution in [0.5, 0.6) is 0 Å². The first-order valence-corrected chi connectivity index (χ1v) is 8.25. The van der Waals surface area contributed by atoms with Crippen molar-refractivity contribution < 1.29 is 9.18 Å². The highest BCUT2D eigenvalue weighted by Gasteiger charge is 2.27. The lowest BCUT2D eigenvalue weighted by Gasteiger charge is -2.36. The number of halogens is 3. The molecule has 0 saturated carbocycles. The molecule has 134 valence electrons. The summed E-state index contributed by atoms with van der Waals surface area (Å²) in [4.78, 5) is 14.7. The summed E-state index contributed by atoms with van der Waals surface area (Å²) in [6, 6.07) is 9.28. The molecule has 0 saturated heterocycles. The molecule has 0 bridgehead atoms. The molecular formula is C18H20Cl2FN3O. The summed E-state index contributed by atoms with van der Waals surface area (Å²) >= 11 is 5.98. The van der Waals surface area contributed by atoms with Crippen molar-refractivity contribution >= 4 is 47.0 Å². The van der Waals surface area contributed by atoms with Gasteiger partial charge in [-0.1, -0.05) is 17.7 Å². The molecule has 2 aromatic rings. The Kier molecular flexibility index (Phi) is 6.14. The van der Waals surface area contributed by atoms with Crippen molar-refractivity contribution in [2.24, 2.45) is 0 Å². The highest BCUT2D eigenvalue weighted by Crippen LogP contribution is 2.33. The lowest BCUT2D eigenvalue weighted by Crippen LogP contribution is -2.44. The predicted octanol–water partition coefficient (Wildman–Crippen LogP) is 4.26. The second kappa shape index (κ2) is 7.93. The molecule has 1 aliphatic heterocycles. The van der Waals surface area contributed by atoms with E-state index in [2.05, 4.69) is 5.32 Å². The number of carbonyl (C=O) groups is 1. The Morgan fingerprint density at radius 3 is 2.84 bits per heavy atom. The summed E-state index contributed by atoms with van der Waals surface area (Å²) in [6.45, 7) is 2.62. The lowest BCUT2D eigenvalue weighted by molar-refractivity contribution is -0.117. The fourth-order valence-electron chi connectivity index (χ4n) is 3.05. The van der Waals surface area contributed by atoms with Gasteiger partial charge in [0.2, 0.25) is 5.91 Å². The molecule has 1 amide bonds. The zero-order valence-electron chi connectivity index (χ0n) is 13.8. The SMILES string of the molecule is CC(C(=O)Nc1ccc(F)cc1Cl)N1CCCc2c(N)cccc21.Cl. The molecule has 0 radical (unpaired) electrons. The Bertz CT molecular complexity index is 785. The standard InChI is InChI=1S/C18H19ClFN3O.ClH/c1-11(18(24)22-16-8-7-12(20)10-14(16)19)23-9-3-4-13-15(21)5-2-6-17(13)23;/h2,5-8,10-11H,3-4,9,21H2,1H3,(H,22,24);1H. The van der Waals surface area contributed by atoms with Crippen molar-refractivity contribution in [1.82, 2.24) is 0 Å². The van der Waals surface area contributed by atoms with Crippen molar-refractivity contribution in [2.45, 2.75) is 25.8 Å². The monoisotopic (exact) mass is 383 g/mol. The minimum atomic E-state index is -0.438. The number of fused-ring (bicyclic) bond motifs is 1. The lowest BCUT2D eigenvalue weighted by atomic mass is 9.98. The molecule has 1 atom stereocenters. The predicted molar refractivity (Wildman–Crippen MR) is 103 cm³/mol. The zero-order chi connectivity index (χ0) is 17.3. The van der Waals surface area contributed by atoms with Crippen LogP contribution in [0.15, 0.2) is 36.4 Å². The van der Waals surface area contributed by atoms with Crippen molar-refractivity contribution in [3.05, 3.63) is 52.8 Å². The molecule has 4 nitrogen and oxygen atoms in total. The number of amides is 1. The van der Waals surface area contributed by atoms with Gasteiger partial charge in [-0.05, 0) is 55.7 Å². The Labute approximate surface area is 157 Å². The average molecular weight is 384 g/mol. The number of carbonyl (C=O) groups excluding carboxylic acids is 1. The Balaban J connectivity index is 0.00000225. The molecule has 0 fully saturated rings. The van der Waals surface area contributed by atoms with E-state index in [0.717, 1.165) is 36.3 Å². The van der Waals surface area contributed by atoms with Crippen LogP contribution >= 0.6 is 24.0 Å². The van der Waals surface area contributed by atoms with E-state index >= 15 is 0 Å². The first kappa shape index (κ1) is 19.3. The van der Waals surface area contributed by atoms with E-state index in [1.165, 1.54) is 18.2 Å². The number of benzene rings is 2. The fraction of sp³-hybridized carbons (Fsp3) is 0.278. The zero-order valence-corrected chi connectivity index (χ0v) is 15.3. The van der Waals surface area contributed by atoms with E-state index in [0.29, 0.717) is 5.69 Å². The third-order valence-corrected chi connectivity index (χ3v) is 4.67. The van der Waals surface area contributed by atoms with Gasteiger partial charge in [-0.15, -0.1) is 12.4 Å². The first-order valence-electron chi connectivity index (χ1n) is 7.87. The molecule has 0 spiro atoms. The van der Waals surface area contributed by atoms with E-state index in [4.69, 9.17) is 17.3 Å². The number of nitrogens with zero attached hydrogens (tertiary/aromatic N) is 1. The number of nitrogens with one attached hydrogen (secondary N) is 1. The Morgan fingerprint density at radius 2 is 2.12 bits per heavy atom. The number of nitrogen functional groups attached to an aromatic ring is 1. The summed E-state index contributed by atoms with van der Waals surface area (Å²) in [6.07, 6.45) is 1.85. The number of anilines is 3. The van der Waals surface area contributed by atoms with Crippen LogP contribution in [-0.4, -0.2) is 18.5 Å². The first-order chi connectivity index (χ1) is 11.5. The van der Waals surface area contributed by atoms with Gasteiger partial charge in [-0.25, -0.2) is 4.39 Å². The highest BCUT2D eigenvalue weighted by atomic mass is 35.5. The molecule has 1 aliphatic rings. The second-order valence-corrected chi connectivity index (χ2v) is 6.34. The topological polar surface area (TPSA) is 58.4 Å². The summed E-state index contributed by atoms with van der Waals surface area (Å²) in [5, 5.41) is 2.95. The Morgan fingerprint density at radius 1 is 1.36 bits per heavy atom. The van der Waals surface area contributed by atoms with Crippen molar-refractivity contribution in [3.8, 4) is 0 Å².